The summed E-state index contributed by atoms with van der Waals surface area (Å²) in [6.07, 6.45) is 0. The molecule has 2 aliphatic rings. The quantitative estimate of drug-likeness (QED) is 0.742. The Morgan fingerprint density at radius 3 is 2.68 bits per heavy atom. The molecule has 22 heavy (non-hydrogen) atoms. The van der Waals surface area contributed by atoms with E-state index in [1.54, 1.807) is 22.7 Å². The lowest BCUT2D eigenvalue weighted by atomic mass is 10.0. The van der Waals surface area contributed by atoms with Crippen LogP contribution in [0.25, 0.3) is 19.5 Å². The first kappa shape index (κ1) is 13.0. The van der Waals surface area contributed by atoms with Crippen LogP contribution < -0.4 is 5.32 Å². The maximum Gasteiger partial charge on any atom is 0.264 e. The third kappa shape index (κ3) is 1.86. The maximum atomic E-state index is 12.8. The van der Waals surface area contributed by atoms with Crippen LogP contribution in [0.15, 0.2) is 30.3 Å². The van der Waals surface area contributed by atoms with Crippen LogP contribution in [0.1, 0.15) is 9.67 Å². The molecule has 2 saturated heterocycles. The highest BCUT2D eigenvalue weighted by Crippen LogP contribution is 2.40. The van der Waals surface area contributed by atoms with Crippen molar-refractivity contribution in [1.29, 1.82) is 0 Å². The van der Waals surface area contributed by atoms with Gasteiger partial charge in [0.15, 0.2) is 0 Å². The highest BCUT2D eigenvalue weighted by atomic mass is 32.1. The van der Waals surface area contributed by atoms with Crippen molar-refractivity contribution in [2.45, 2.75) is 0 Å². The predicted octanol–water partition coefficient (Wildman–Crippen LogP) is 3.41. The van der Waals surface area contributed by atoms with E-state index in [1.165, 1.54) is 19.5 Å². The van der Waals surface area contributed by atoms with Gasteiger partial charge >= 0.3 is 0 Å². The molecule has 112 valence electrons. The molecule has 0 aliphatic carbocycles. The minimum Gasteiger partial charge on any atom is -0.337 e. The number of nitrogens with one attached hydrogen (secondary N) is 1. The van der Waals surface area contributed by atoms with Crippen LogP contribution in [0.5, 0.6) is 0 Å². The third-order valence-electron chi connectivity index (χ3n) is 4.94. The number of amides is 1. The van der Waals surface area contributed by atoms with Gasteiger partial charge in [0, 0.05) is 41.0 Å². The number of carbonyl (C=O) groups excluding carboxylic acids is 1. The number of fused-ring (bicyclic) bond motifs is 4. The van der Waals surface area contributed by atoms with Crippen molar-refractivity contribution in [3.8, 4) is 0 Å². The van der Waals surface area contributed by atoms with Gasteiger partial charge in [-0.1, -0.05) is 18.2 Å². The minimum atomic E-state index is 0.229. The van der Waals surface area contributed by atoms with E-state index in [-0.39, 0.29) is 5.91 Å². The van der Waals surface area contributed by atoms with E-state index >= 15 is 0 Å². The monoisotopic (exact) mass is 328 g/mol. The molecular formula is C17H16N2OS2. The molecule has 2 fully saturated rings. The van der Waals surface area contributed by atoms with Gasteiger partial charge in [0.25, 0.3) is 5.91 Å². The molecule has 1 aromatic carbocycles. The molecule has 0 unspecified atom stereocenters. The second-order valence-corrected chi connectivity index (χ2v) is 8.43. The zero-order valence-electron chi connectivity index (χ0n) is 12.0. The van der Waals surface area contributed by atoms with E-state index in [1.807, 2.05) is 0 Å². The molecule has 3 nitrogen and oxygen atoms in total. The number of thiophene rings is 2. The number of hydrogen-bond donors (Lipinski definition) is 1. The molecule has 1 amide bonds. The van der Waals surface area contributed by atoms with Crippen LogP contribution >= 0.6 is 22.7 Å². The van der Waals surface area contributed by atoms with E-state index in [4.69, 9.17) is 0 Å². The van der Waals surface area contributed by atoms with Gasteiger partial charge in [-0.15, -0.1) is 22.7 Å². The number of benzene rings is 1. The van der Waals surface area contributed by atoms with Crippen LogP contribution in [0.2, 0.25) is 0 Å². The van der Waals surface area contributed by atoms with E-state index < -0.39 is 0 Å². The van der Waals surface area contributed by atoms with E-state index in [2.05, 4.69) is 40.5 Å². The summed E-state index contributed by atoms with van der Waals surface area (Å²) < 4.78 is 3.82. The topological polar surface area (TPSA) is 32.3 Å². The normalized spacial score (nSPS) is 24.5. The molecule has 0 saturated carbocycles. The molecule has 0 radical (unpaired) electrons. The molecule has 1 N–H and O–H groups in total. The Kier molecular flexibility index (Phi) is 2.84. The first-order valence-electron chi connectivity index (χ1n) is 7.70. The Bertz CT molecular complexity index is 869. The van der Waals surface area contributed by atoms with Crippen molar-refractivity contribution in [3.63, 3.8) is 0 Å². The summed E-state index contributed by atoms with van der Waals surface area (Å²) in [5.41, 5.74) is 0. The van der Waals surface area contributed by atoms with Crippen LogP contribution in [0.4, 0.5) is 0 Å². The van der Waals surface area contributed by atoms with Crippen LogP contribution in [-0.4, -0.2) is 37.0 Å². The van der Waals surface area contributed by atoms with Gasteiger partial charge in [-0.05, 0) is 24.0 Å². The lowest BCUT2D eigenvalue weighted by Gasteiger charge is -2.16. The van der Waals surface area contributed by atoms with Gasteiger partial charge in [-0.3, -0.25) is 4.79 Å². The van der Waals surface area contributed by atoms with E-state index in [0.717, 1.165) is 31.1 Å². The minimum absolute atomic E-state index is 0.229. The molecule has 0 bridgehead atoms. The highest BCUT2D eigenvalue weighted by Gasteiger charge is 2.38. The lowest BCUT2D eigenvalue weighted by Crippen LogP contribution is -2.31. The zero-order chi connectivity index (χ0) is 14.7. The Morgan fingerprint density at radius 1 is 1.09 bits per heavy atom. The number of likely N-dealkylation sites (tertiary alicyclic amines) is 1. The van der Waals surface area contributed by atoms with Crippen molar-refractivity contribution in [3.05, 3.63) is 35.2 Å². The third-order valence-corrected chi connectivity index (χ3v) is 7.34. The smallest absolute Gasteiger partial charge is 0.264 e. The summed E-state index contributed by atoms with van der Waals surface area (Å²) in [6, 6.07) is 10.6. The Labute approximate surface area is 136 Å². The summed E-state index contributed by atoms with van der Waals surface area (Å²) in [4.78, 5) is 15.8. The van der Waals surface area contributed by atoms with Crippen molar-refractivity contribution < 1.29 is 4.79 Å². The van der Waals surface area contributed by atoms with E-state index in [9.17, 15) is 4.79 Å². The molecule has 2 aromatic heterocycles. The summed E-state index contributed by atoms with van der Waals surface area (Å²) in [7, 11) is 0. The maximum absolute atomic E-state index is 12.8. The number of rotatable bonds is 1. The summed E-state index contributed by atoms with van der Waals surface area (Å²) in [5.74, 6) is 1.55. The van der Waals surface area contributed by atoms with Crippen molar-refractivity contribution in [2.24, 2.45) is 11.8 Å². The Hall–Kier alpha value is -1.43. The van der Waals surface area contributed by atoms with Crippen molar-refractivity contribution in [1.82, 2.24) is 10.2 Å². The summed E-state index contributed by atoms with van der Waals surface area (Å²) in [5, 5.41) is 4.71. The van der Waals surface area contributed by atoms with Gasteiger partial charge in [0.1, 0.15) is 0 Å². The summed E-state index contributed by atoms with van der Waals surface area (Å²) >= 11 is 3.45. The molecule has 2 atom stereocenters. The average molecular weight is 328 g/mol. The number of hydrogen-bond acceptors (Lipinski definition) is 4. The Morgan fingerprint density at radius 2 is 1.86 bits per heavy atom. The fraction of sp³-hybridized carbons (Fsp3) is 0.353. The number of nitrogens with zero attached hydrogens (tertiary/aromatic N) is 1. The first-order valence-corrected chi connectivity index (χ1v) is 9.34. The SMILES string of the molecule is O=C(c1cc2sc3ccccc3c2s1)N1C[C@H]2CNC[C@H]2C1. The average Bonchev–Trinajstić information content (AvgIpc) is 3.24. The lowest BCUT2D eigenvalue weighted by molar-refractivity contribution is 0.0786. The van der Waals surface area contributed by atoms with Gasteiger partial charge in [-0.25, -0.2) is 0 Å². The molecule has 5 heteroatoms. The van der Waals surface area contributed by atoms with Gasteiger partial charge in [-0.2, -0.15) is 0 Å². The van der Waals surface area contributed by atoms with Gasteiger partial charge < -0.3 is 10.2 Å². The fourth-order valence-electron chi connectivity index (χ4n) is 3.78. The summed E-state index contributed by atoms with van der Waals surface area (Å²) in [6.45, 7) is 3.98. The standard InChI is InChI=1S/C17H16N2OS2/c20-17(19-8-10-6-18-7-11(10)9-19)15-5-14-16(22-15)12-3-1-2-4-13(12)21-14/h1-5,10-11,18H,6-9H2/t10-,11+. The first-order chi connectivity index (χ1) is 10.8. The molecular weight excluding hydrogens is 312 g/mol. The van der Waals surface area contributed by atoms with Crippen LogP contribution in [0, 0.1) is 11.8 Å². The molecule has 2 aliphatic heterocycles. The van der Waals surface area contributed by atoms with Crippen molar-refractivity contribution >= 4 is 48.1 Å². The second kappa shape index (κ2) is 4.78. The number of carbonyl (C=O) groups is 1. The van der Waals surface area contributed by atoms with Crippen molar-refractivity contribution in [2.75, 3.05) is 26.2 Å². The molecule has 0 spiro atoms. The molecule has 5 rings (SSSR count). The van der Waals surface area contributed by atoms with Crippen LogP contribution in [0.3, 0.4) is 0 Å². The second-order valence-electron chi connectivity index (χ2n) is 6.29. The van der Waals surface area contributed by atoms with Gasteiger partial charge in [0.2, 0.25) is 0 Å². The predicted molar refractivity (Wildman–Crippen MR) is 93.0 cm³/mol. The molecule has 3 aromatic rings. The van der Waals surface area contributed by atoms with E-state index in [0.29, 0.717) is 11.8 Å². The molecule has 4 heterocycles. The van der Waals surface area contributed by atoms with Gasteiger partial charge in [0.05, 0.1) is 9.58 Å². The fourth-order valence-corrected chi connectivity index (χ4v) is 6.27. The Balaban J connectivity index is 1.50. The van der Waals surface area contributed by atoms with Crippen LogP contribution in [-0.2, 0) is 0 Å². The highest BCUT2D eigenvalue weighted by molar-refractivity contribution is 7.33. The zero-order valence-corrected chi connectivity index (χ0v) is 13.7. The largest absolute Gasteiger partial charge is 0.337 e.